The number of carbonyl (C=O) groups is 2. The van der Waals surface area contributed by atoms with Crippen LogP contribution >= 0.6 is 0 Å². The molecule has 5 nitrogen and oxygen atoms in total. The number of para-hydroxylation sites is 1. The van der Waals surface area contributed by atoms with E-state index in [1.165, 1.54) is 7.11 Å². The van der Waals surface area contributed by atoms with Crippen LogP contribution in [0.15, 0.2) is 48.5 Å². The lowest BCUT2D eigenvalue weighted by molar-refractivity contribution is 0.103. The molecule has 0 unspecified atom stereocenters. The summed E-state index contributed by atoms with van der Waals surface area (Å²) >= 11 is 0. The van der Waals surface area contributed by atoms with E-state index in [9.17, 15) is 9.59 Å². The average molecular weight is 285 g/mol. The van der Waals surface area contributed by atoms with Crippen molar-refractivity contribution >= 4 is 17.6 Å². The lowest BCUT2D eigenvalue weighted by Crippen LogP contribution is -2.14. The summed E-state index contributed by atoms with van der Waals surface area (Å²) in [6.45, 7) is 0. The van der Waals surface area contributed by atoms with E-state index in [-0.39, 0.29) is 5.78 Å². The molecule has 0 spiro atoms. The average Bonchev–Trinajstić information content (AvgIpc) is 2.54. The summed E-state index contributed by atoms with van der Waals surface area (Å²) < 4.78 is 9.61. The van der Waals surface area contributed by atoms with E-state index in [4.69, 9.17) is 4.74 Å². The molecule has 21 heavy (non-hydrogen) atoms. The van der Waals surface area contributed by atoms with Gasteiger partial charge in [-0.15, -0.1) is 0 Å². The summed E-state index contributed by atoms with van der Waals surface area (Å²) in [5, 5.41) is 2.53. The van der Waals surface area contributed by atoms with E-state index in [1.807, 2.05) is 0 Å². The Morgan fingerprint density at radius 1 is 0.952 bits per heavy atom. The fraction of sp³-hybridized carbons (Fsp3) is 0.125. The van der Waals surface area contributed by atoms with Crippen molar-refractivity contribution in [1.82, 2.24) is 0 Å². The van der Waals surface area contributed by atoms with Crippen LogP contribution in [-0.4, -0.2) is 26.1 Å². The Morgan fingerprint density at radius 2 is 1.62 bits per heavy atom. The van der Waals surface area contributed by atoms with Gasteiger partial charge in [-0.2, -0.15) is 0 Å². The molecular formula is C16H15NO4. The second-order valence-corrected chi connectivity index (χ2v) is 4.22. The van der Waals surface area contributed by atoms with Gasteiger partial charge in [0.1, 0.15) is 5.75 Å². The maximum atomic E-state index is 12.5. The second-order valence-electron chi connectivity index (χ2n) is 4.22. The topological polar surface area (TPSA) is 64.6 Å². The van der Waals surface area contributed by atoms with Crippen LogP contribution in [0, 0.1) is 0 Å². The normalized spacial score (nSPS) is 9.81. The molecule has 2 aromatic carbocycles. The number of anilines is 1. The molecule has 0 saturated carbocycles. The van der Waals surface area contributed by atoms with Crippen LogP contribution in [0.2, 0.25) is 0 Å². The largest absolute Gasteiger partial charge is 0.497 e. The zero-order chi connectivity index (χ0) is 15.2. The van der Waals surface area contributed by atoms with Gasteiger partial charge in [0.2, 0.25) is 0 Å². The number of amides is 1. The number of nitrogens with one attached hydrogen (secondary N) is 1. The maximum absolute atomic E-state index is 12.5. The van der Waals surface area contributed by atoms with Crippen LogP contribution in [0.25, 0.3) is 0 Å². The van der Waals surface area contributed by atoms with Gasteiger partial charge < -0.3 is 9.47 Å². The quantitative estimate of drug-likeness (QED) is 0.877. The number of hydrogen-bond donors (Lipinski definition) is 1. The van der Waals surface area contributed by atoms with Crippen LogP contribution in [0.1, 0.15) is 15.9 Å². The maximum Gasteiger partial charge on any atom is 0.411 e. The number of hydrogen-bond acceptors (Lipinski definition) is 4. The van der Waals surface area contributed by atoms with Gasteiger partial charge in [0.15, 0.2) is 5.78 Å². The Morgan fingerprint density at radius 3 is 2.24 bits per heavy atom. The van der Waals surface area contributed by atoms with Gasteiger partial charge in [-0.1, -0.05) is 12.1 Å². The third kappa shape index (κ3) is 3.39. The first-order chi connectivity index (χ1) is 10.2. The van der Waals surface area contributed by atoms with Gasteiger partial charge in [-0.05, 0) is 36.4 Å². The number of carbonyl (C=O) groups excluding carboxylic acids is 2. The number of ketones is 1. The van der Waals surface area contributed by atoms with Gasteiger partial charge in [0.05, 0.1) is 19.9 Å². The summed E-state index contributed by atoms with van der Waals surface area (Å²) in [6.07, 6.45) is -0.620. The second kappa shape index (κ2) is 6.56. The van der Waals surface area contributed by atoms with Gasteiger partial charge >= 0.3 is 6.09 Å². The van der Waals surface area contributed by atoms with Crippen LogP contribution in [0.5, 0.6) is 5.75 Å². The third-order valence-corrected chi connectivity index (χ3v) is 2.95. The highest BCUT2D eigenvalue weighted by Gasteiger charge is 2.15. The highest BCUT2D eigenvalue weighted by Crippen LogP contribution is 2.21. The zero-order valence-electron chi connectivity index (χ0n) is 11.8. The van der Waals surface area contributed by atoms with Crippen LogP contribution < -0.4 is 10.1 Å². The lowest BCUT2D eigenvalue weighted by Gasteiger charge is -2.09. The van der Waals surface area contributed by atoms with Crippen LogP contribution in [-0.2, 0) is 4.74 Å². The zero-order valence-corrected chi connectivity index (χ0v) is 11.8. The molecule has 0 radical (unpaired) electrons. The molecule has 5 heteroatoms. The first kappa shape index (κ1) is 14.6. The van der Waals surface area contributed by atoms with Crippen LogP contribution in [0.3, 0.4) is 0 Å². The Labute approximate surface area is 122 Å². The molecule has 0 aromatic heterocycles. The van der Waals surface area contributed by atoms with Crippen molar-refractivity contribution in [2.45, 2.75) is 0 Å². The number of ether oxygens (including phenoxy) is 2. The van der Waals surface area contributed by atoms with E-state index < -0.39 is 6.09 Å². The number of rotatable bonds is 4. The molecule has 0 aliphatic heterocycles. The van der Waals surface area contributed by atoms with Crippen molar-refractivity contribution in [3.05, 3.63) is 59.7 Å². The van der Waals surface area contributed by atoms with E-state index in [0.29, 0.717) is 22.6 Å². The Kier molecular flexibility index (Phi) is 4.56. The number of methoxy groups -OCH3 is 2. The fourth-order valence-electron chi connectivity index (χ4n) is 1.85. The van der Waals surface area contributed by atoms with Crippen LogP contribution in [0.4, 0.5) is 10.5 Å². The predicted octanol–water partition coefficient (Wildman–Crippen LogP) is 3.10. The minimum Gasteiger partial charge on any atom is -0.497 e. The standard InChI is InChI=1S/C16H15NO4/c1-20-12-9-7-11(8-10-12)15(18)13-5-3-4-6-14(13)17-16(19)21-2/h3-10H,1-2H3,(H,17,19). The molecule has 0 aliphatic rings. The van der Waals surface area contributed by atoms with Gasteiger partial charge in [0.25, 0.3) is 0 Å². The Bertz CT molecular complexity index is 650. The fourth-order valence-corrected chi connectivity index (χ4v) is 1.85. The molecule has 0 aliphatic carbocycles. The Balaban J connectivity index is 2.31. The summed E-state index contributed by atoms with van der Waals surface area (Å²) in [5.74, 6) is 0.483. The van der Waals surface area contributed by atoms with Crippen molar-refractivity contribution < 1.29 is 19.1 Å². The van der Waals surface area contributed by atoms with E-state index in [2.05, 4.69) is 10.1 Å². The van der Waals surface area contributed by atoms with Gasteiger partial charge in [-0.3, -0.25) is 10.1 Å². The van der Waals surface area contributed by atoms with E-state index in [1.54, 1.807) is 55.6 Å². The van der Waals surface area contributed by atoms with Crippen molar-refractivity contribution in [3.63, 3.8) is 0 Å². The highest BCUT2D eigenvalue weighted by molar-refractivity contribution is 6.13. The highest BCUT2D eigenvalue weighted by atomic mass is 16.5. The summed E-state index contributed by atoms with van der Waals surface area (Å²) in [7, 11) is 2.83. The summed E-state index contributed by atoms with van der Waals surface area (Å²) in [4.78, 5) is 23.8. The summed E-state index contributed by atoms with van der Waals surface area (Å²) in [6, 6.07) is 13.5. The lowest BCUT2D eigenvalue weighted by atomic mass is 10.0. The van der Waals surface area contributed by atoms with Gasteiger partial charge in [-0.25, -0.2) is 4.79 Å². The molecule has 0 atom stereocenters. The SMILES string of the molecule is COC(=O)Nc1ccccc1C(=O)c1ccc(OC)cc1. The van der Waals surface area contributed by atoms with Crippen molar-refractivity contribution in [2.75, 3.05) is 19.5 Å². The Hall–Kier alpha value is -2.82. The molecule has 0 fully saturated rings. The van der Waals surface area contributed by atoms with Gasteiger partial charge in [0, 0.05) is 11.1 Å². The van der Waals surface area contributed by atoms with Crippen molar-refractivity contribution in [1.29, 1.82) is 0 Å². The summed E-state index contributed by atoms with van der Waals surface area (Å²) in [5.41, 5.74) is 1.31. The monoisotopic (exact) mass is 285 g/mol. The predicted molar refractivity (Wildman–Crippen MR) is 78.9 cm³/mol. The minimum absolute atomic E-state index is 0.190. The molecule has 2 aromatic rings. The molecule has 1 N–H and O–H groups in total. The van der Waals surface area contributed by atoms with Crippen molar-refractivity contribution in [2.24, 2.45) is 0 Å². The van der Waals surface area contributed by atoms with Crippen molar-refractivity contribution in [3.8, 4) is 5.75 Å². The number of benzene rings is 2. The molecule has 0 heterocycles. The first-order valence-electron chi connectivity index (χ1n) is 6.28. The molecule has 0 bridgehead atoms. The molecular weight excluding hydrogens is 270 g/mol. The first-order valence-corrected chi connectivity index (χ1v) is 6.28. The van der Waals surface area contributed by atoms with E-state index in [0.717, 1.165) is 0 Å². The van der Waals surface area contributed by atoms with E-state index >= 15 is 0 Å². The third-order valence-electron chi connectivity index (χ3n) is 2.95. The molecule has 108 valence electrons. The smallest absolute Gasteiger partial charge is 0.411 e. The molecule has 1 amide bonds. The minimum atomic E-state index is -0.620. The molecule has 2 rings (SSSR count). The molecule has 0 saturated heterocycles.